The lowest BCUT2D eigenvalue weighted by molar-refractivity contribution is -0.114. The van der Waals surface area contributed by atoms with E-state index in [0.717, 1.165) is 16.9 Å². The van der Waals surface area contributed by atoms with Crippen LogP contribution in [-0.2, 0) is 9.63 Å². The van der Waals surface area contributed by atoms with Gasteiger partial charge in [0, 0.05) is 6.08 Å². The van der Waals surface area contributed by atoms with E-state index in [9.17, 15) is 4.79 Å². The summed E-state index contributed by atoms with van der Waals surface area (Å²) in [6.07, 6.45) is 3.13. The standard InChI is InChI=1S/C26H26ClN3O5/c1-5-32-21-14-18(12-19-25(28)30-22(29-26(19)31)11-17(4)35-30)13-20(27)24(21)34-10-9-33-23-15(2)7-6-8-16(23)3/h6-8,11-14,28H,5,9-10H2,1-4H3/b19-12-,28-25?. The van der Waals surface area contributed by atoms with E-state index in [1.807, 2.05) is 39.0 Å². The van der Waals surface area contributed by atoms with Crippen molar-refractivity contribution >= 4 is 35.3 Å². The molecule has 0 atom stereocenters. The van der Waals surface area contributed by atoms with Crippen LogP contribution in [0.15, 0.2) is 52.7 Å². The number of amidine groups is 2. The highest BCUT2D eigenvalue weighted by Crippen LogP contribution is 2.38. The van der Waals surface area contributed by atoms with E-state index in [2.05, 4.69) is 4.99 Å². The molecular formula is C26H26ClN3O5. The van der Waals surface area contributed by atoms with Gasteiger partial charge in [-0.05, 0) is 62.6 Å². The van der Waals surface area contributed by atoms with E-state index in [-0.39, 0.29) is 23.9 Å². The zero-order chi connectivity index (χ0) is 25.1. The molecule has 0 saturated carbocycles. The van der Waals surface area contributed by atoms with Gasteiger partial charge in [0.2, 0.25) is 0 Å². The van der Waals surface area contributed by atoms with Gasteiger partial charge < -0.3 is 19.0 Å². The minimum atomic E-state index is -0.533. The van der Waals surface area contributed by atoms with Crippen LogP contribution in [0.25, 0.3) is 6.08 Å². The molecule has 0 unspecified atom stereocenters. The zero-order valence-electron chi connectivity index (χ0n) is 20.0. The first-order valence-electron chi connectivity index (χ1n) is 11.2. The first-order chi connectivity index (χ1) is 16.8. The maximum absolute atomic E-state index is 12.5. The Morgan fingerprint density at radius 1 is 1.09 bits per heavy atom. The molecule has 8 nitrogen and oxygen atoms in total. The van der Waals surface area contributed by atoms with Crippen molar-refractivity contribution in [1.29, 1.82) is 5.41 Å². The minimum absolute atomic E-state index is 0.0750. The van der Waals surface area contributed by atoms with E-state index >= 15 is 0 Å². The molecule has 9 heteroatoms. The number of carbonyl (C=O) groups excluding carboxylic acids is 1. The summed E-state index contributed by atoms with van der Waals surface area (Å²) in [6.45, 7) is 8.54. The molecule has 0 spiro atoms. The van der Waals surface area contributed by atoms with E-state index in [1.54, 1.807) is 25.1 Å². The molecule has 0 bridgehead atoms. The molecular weight excluding hydrogens is 470 g/mol. The third-order valence-electron chi connectivity index (χ3n) is 5.31. The van der Waals surface area contributed by atoms with Crippen molar-refractivity contribution in [1.82, 2.24) is 5.06 Å². The fraction of sp³-hybridized carbons (Fsp3) is 0.269. The monoisotopic (exact) mass is 495 g/mol. The number of hydrogen-bond donors (Lipinski definition) is 1. The highest BCUT2D eigenvalue weighted by Gasteiger charge is 2.34. The summed E-state index contributed by atoms with van der Waals surface area (Å²) in [4.78, 5) is 22.0. The molecule has 4 rings (SSSR count). The second kappa shape index (κ2) is 10.2. The number of carbonyl (C=O) groups is 1. The van der Waals surface area contributed by atoms with Crippen LogP contribution in [0.5, 0.6) is 17.2 Å². The summed E-state index contributed by atoms with van der Waals surface area (Å²) in [5, 5.41) is 9.90. The number of para-hydroxylation sites is 1. The van der Waals surface area contributed by atoms with Gasteiger partial charge in [-0.25, -0.2) is 0 Å². The van der Waals surface area contributed by atoms with Gasteiger partial charge in [-0.3, -0.25) is 10.2 Å². The summed E-state index contributed by atoms with van der Waals surface area (Å²) >= 11 is 6.53. The topological polar surface area (TPSA) is 93.4 Å². The molecule has 2 aromatic carbocycles. The molecule has 35 heavy (non-hydrogen) atoms. The summed E-state index contributed by atoms with van der Waals surface area (Å²) in [7, 11) is 0. The quantitative estimate of drug-likeness (QED) is 0.396. The zero-order valence-corrected chi connectivity index (χ0v) is 20.7. The Labute approximate surface area is 208 Å². The first-order valence-corrected chi connectivity index (χ1v) is 11.5. The van der Waals surface area contributed by atoms with E-state index in [0.29, 0.717) is 41.1 Å². The SMILES string of the molecule is CCOc1cc(/C=C2/C(=N)N3OC(C)=CC3=NC2=O)cc(Cl)c1OCCOc1c(C)cccc1C. The normalized spacial score (nSPS) is 16.0. The minimum Gasteiger partial charge on any atom is -0.490 e. The van der Waals surface area contributed by atoms with Gasteiger partial charge >= 0.3 is 0 Å². The van der Waals surface area contributed by atoms with Crippen LogP contribution in [0.2, 0.25) is 5.02 Å². The van der Waals surface area contributed by atoms with Gasteiger partial charge in [-0.15, -0.1) is 5.06 Å². The van der Waals surface area contributed by atoms with Gasteiger partial charge in [0.05, 0.1) is 17.2 Å². The average molecular weight is 496 g/mol. The van der Waals surface area contributed by atoms with Crippen molar-refractivity contribution in [2.45, 2.75) is 27.7 Å². The number of benzene rings is 2. The molecule has 182 valence electrons. The number of ether oxygens (including phenoxy) is 3. The van der Waals surface area contributed by atoms with Crippen LogP contribution in [-0.4, -0.2) is 42.5 Å². The molecule has 2 aliphatic rings. The molecule has 2 aromatic rings. The summed E-state index contributed by atoms with van der Waals surface area (Å²) in [5.41, 5.74) is 2.75. The number of hydroxylamine groups is 2. The van der Waals surface area contributed by atoms with Crippen LogP contribution >= 0.6 is 11.6 Å². The number of nitrogens with one attached hydrogen (secondary N) is 1. The number of nitrogens with zero attached hydrogens (tertiary/aromatic N) is 2. The van der Waals surface area contributed by atoms with E-state index < -0.39 is 5.91 Å². The molecule has 2 aliphatic heterocycles. The number of aryl methyl sites for hydroxylation is 2. The molecule has 0 aromatic heterocycles. The lowest BCUT2D eigenvalue weighted by Gasteiger charge is -2.23. The Morgan fingerprint density at radius 3 is 2.46 bits per heavy atom. The fourth-order valence-corrected chi connectivity index (χ4v) is 4.03. The van der Waals surface area contributed by atoms with Gasteiger partial charge in [-0.1, -0.05) is 29.8 Å². The van der Waals surface area contributed by atoms with Crippen molar-refractivity contribution in [2.75, 3.05) is 19.8 Å². The molecule has 2 heterocycles. The smallest absolute Gasteiger partial charge is 0.282 e. The third kappa shape index (κ3) is 5.17. The summed E-state index contributed by atoms with van der Waals surface area (Å²) in [6, 6.07) is 9.33. The Balaban J connectivity index is 1.51. The van der Waals surface area contributed by atoms with Crippen LogP contribution in [0.1, 0.15) is 30.5 Å². The van der Waals surface area contributed by atoms with Gasteiger partial charge in [0.1, 0.15) is 24.7 Å². The first kappa shape index (κ1) is 24.3. The maximum atomic E-state index is 12.5. The summed E-state index contributed by atoms with van der Waals surface area (Å²) in [5.74, 6) is 1.84. The van der Waals surface area contributed by atoms with Crippen LogP contribution in [0.3, 0.4) is 0 Å². The highest BCUT2D eigenvalue weighted by atomic mass is 35.5. The van der Waals surface area contributed by atoms with Crippen molar-refractivity contribution in [3.8, 4) is 17.2 Å². The predicted octanol–water partition coefficient (Wildman–Crippen LogP) is 5.26. The van der Waals surface area contributed by atoms with Crippen LogP contribution < -0.4 is 14.2 Å². The number of fused-ring (bicyclic) bond motifs is 1. The lowest BCUT2D eigenvalue weighted by atomic mass is 10.1. The summed E-state index contributed by atoms with van der Waals surface area (Å²) < 4.78 is 17.6. The molecule has 0 radical (unpaired) electrons. The van der Waals surface area contributed by atoms with Gasteiger partial charge in [0.25, 0.3) is 5.91 Å². The Kier molecular flexibility index (Phi) is 7.12. The van der Waals surface area contributed by atoms with E-state index in [4.69, 9.17) is 36.1 Å². The highest BCUT2D eigenvalue weighted by molar-refractivity contribution is 6.33. The molecule has 1 amide bonds. The Hall–Kier alpha value is -3.78. The number of hydrogen-bond acceptors (Lipinski definition) is 6. The second-order valence-electron chi connectivity index (χ2n) is 8.00. The van der Waals surface area contributed by atoms with Gasteiger partial charge in [0.15, 0.2) is 23.2 Å². The molecule has 1 N–H and O–H groups in total. The molecule has 0 saturated heterocycles. The van der Waals surface area contributed by atoms with Crippen molar-refractivity contribution in [3.05, 3.63) is 69.5 Å². The number of amides is 1. The second-order valence-corrected chi connectivity index (χ2v) is 8.41. The predicted molar refractivity (Wildman–Crippen MR) is 134 cm³/mol. The van der Waals surface area contributed by atoms with Crippen LogP contribution in [0, 0.1) is 19.3 Å². The molecule has 0 aliphatic carbocycles. The maximum Gasteiger partial charge on any atom is 0.282 e. The number of allylic oxidation sites excluding steroid dienone is 1. The van der Waals surface area contributed by atoms with Crippen molar-refractivity contribution in [3.63, 3.8) is 0 Å². The lowest BCUT2D eigenvalue weighted by Crippen LogP contribution is -2.38. The Morgan fingerprint density at radius 2 is 1.77 bits per heavy atom. The average Bonchev–Trinajstić information content (AvgIpc) is 3.17. The van der Waals surface area contributed by atoms with Crippen molar-refractivity contribution in [2.24, 2.45) is 4.99 Å². The van der Waals surface area contributed by atoms with E-state index in [1.165, 1.54) is 11.1 Å². The largest absolute Gasteiger partial charge is 0.490 e. The van der Waals surface area contributed by atoms with Crippen molar-refractivity contribution < 1.29 is 23.8 Å². The Bertz CT molecular complexity index is 1260. The molecule has 0 fully saturated rings. The number of halogens is 1. The number of rotatable bonds is 8. The fourth-order valence-electron chi connectivity index (χ4n) is 3.76. The van der Waals surface area contributed by atoms with Gasteiger partial charge in [-0.2, -0.15) is 4.99 Å². The third-order valence-corrected chi connectivity index (χ3v) is 5.59. The van der Waals surface area contributed by atoms with Crippen LogP contribution in [0.4, 0.5) is 0 Å². The number of aliphatic imine (C=N–C) groups is 1.